The largest absolute Gasteiger partial charge is 0.462 e. The summed E-state index contributed by atoms with van der Waals surface area (Å²) < 4.78 is 16.8. The highest BCUT2D eigenvalue weighted by Crippen LogP contribution is 2.14. The second kappa shape index (κ2) is 65.5. The number of esters is 3. The Balaban J connectivity index is 4.26. The highest BCUT2D eigenvalue weighted by atomic mass is 16.6. The van der Waals surface area contributed by atoms with Crippen LogP contribution in [-0.4, -0.2) is 37.2 Å². The first kappa shape index (κ1) is 74.0. The maximum absolute atomic E-state index is 12.9. The van der Waals surface area contributed by atoms with E-state index in [2.05, 4.69) is 179 Å². The number of allylic oxidation sites excluding steroid dienone is 26. The fraction of sp³-hybridized carbons (Fsp3) is 0.603. The smallest absolute Gasteiger partial charge is 0.306 e. The predicted octanol–water partition coefficient (Wildman–Crippen LogP) is 22.1. The van der Waals surface area contributed by atoms with Crippen LogP contribution in [0.15, 0.2) is 158 Å². The van der Waals surface area contributed by atoms with Gasteiger partial charge in [0.15, 0.2) is 6.10 Å². The third-order valence-corrected chi connectivity index (χ3v) is 13.0. The van der Waals surface area contributed by atoms with Gasteiger partial charge < -0.3 is 14.2 Å². The number of carbonyl (C=O) groups is 3. The maximum atomic E-state index is 12.9. The molecule has 0 bridgehead atoms. The molecule has 0 aromatic heterocycles. The van der Waals surface area contributed by atoms with E-state index < -0.39 is 6.10 Å². The van der Waals surface area contributed by atoms with Gasteiger partial charge in [-0.2, -0.15) is 0 Å². The molecule has 0 heterocycles. The molecule has 0 aromatic rings. The molecule has 0 N–H and O–H groups in total. The van der Waals surface area contributed by atoms with E-state index in [4.69, 9.17) is 14.2 Å². The number of ether oxygens (including phenoxy) is 3. The summed E-state index contributed by atoms with van der Waals surface area (Å²) in [5.41, 5.74) is 0. The first-order valence-corrected chi connectivity index (χ1v) is 32.0. The molecule has 1 atom stereocenters. The van der Waals surface area contributed by atoms with Crippen molar-refractivity contribution in [2.45, 2.75) is 271 Å². The van der Waals surface area contributed by atoms with Gasteiger partial charge in [-0.3, -0.25) is 14.4 Å². The third kappa shape index (κ3) is 63.7. The number of carbonyl (C=O) groups excluding carboxylic acids is 3. The van der Waals surface area contributed by atoms with E-state index in [-0.39, 0.29) is 31.1 Å². The first-order valence-electron chi connectivity index (χ1n) is 32.0. The summed E-state index contributed by atoms with van der Waals surface area (Å²) in [5.74, 6) is -0.937. The molecular weight excluding hydrogens is 973 g/mol. The Bertz CT molecular complexity index is 1780. The molecule has 0 aliphatic carbocycles. The van der Waals surface area contributed by atoms with E-state index in [1.807, 2.05) is 0 Å². The Hall–Kier alpha value is -4.97. The van der Waals surface area contributed by atoms with Gasteiger partial charge in [0.25, 0.3) is 0 Å². The third-order valence-electron chi connectivity index (χ3n) is 13.0. The summed E-state index contributed by atoms with van der Waals surface area (Å²) in [6, 6.07) is 0. The summed E-state index contributed by atoms with van der Waals surface area (Å²) >= 11 is 0. The zero-order valence-corrected chi connectivity index (χ0v) is 50.8. The van der Waals surface area contributed by atoms with Crippen molar-refractivity contribution < 1.29 is 28.6 Å². The van der Waals surface area contributed by atoms with Crippen LogP contribution in [0.3, 0.4) is 0 Å². The molecule has 0 saturated heterocycles. The Morgan fingerprint density at radius 3 is 0.772 bits per heavy atom. The Labute approximate surface area is 486 Å². The van der Waals surface area contributed by atoms with Crippen LogP contribution in [-0.2, 0) is 28.6 Å². The van der Waals surface area contributed by atoms with Crippen molar-refractivity contribution in [3.05, 3.63) is 158 Å². The van der Waals surface area contributed by atoms with E-state index >= 15 is 0 Å². The van der Waals surface area contributed by atoms with Crippen molar-refractivity contribution in [3.63, 3.8) is 0 Å². The standard InChI is InChI=1S/C73H116O6/c1-4-7-10-13-16-18-20-22-24-26-28-30-32-34-35-36-37-39-40-42-44-46-48-50-52-54-57-60-63-66-72(75)78-69-70(68-77-71(74)65-62-59-56-15-12-9-6-3)79-73(76)67-64-61-58-55-53-51-49-47-45-43-41-38-33-31-29-27-25-23-21-19-17-14-11-8-5-2/h7-8,10-11,16-19,22-25,28-31,34-35,37-39,41-42,44,48,50,70H,4-6,9,12-15,20-21,26-27,32-33,36,40,43,45-47,49,51-69H2,1-3H3/b10-7-,11-8-,18-16-,19-17-,24-22-,25-23-,30-28-,31-29-,35-34-,39-37-,41-38-,44-42-,50-48-. The highest BCUT2D eigenvalue weighted by Gasteiger charge is 2.19. The van der Waals surface area contributed by atoms with Crippen LogP contribution in [0.25, 0.3) is 0 Å². The number of hydrogen-bond donors (Lipinski definition) is 0. The van der Waals surface area contributed by atoms with Crippen LogP contribution in [0.5, 0.6) is 0 Å². The van der Waals surface area contributed by atoms with Crippen LogP contribution in [0, 0.1) is 0 Å². The molecule has 0 spiro atoms. The van der Waals surface area contributed by atoms with E-state index in [9.17, 15) is 14.4 Å². The molecule has 6 heteroatoms. The van der Waals surface area contributed by atoms with Gasteiger partial charge in [0.05, 0.1) is 0 Å². The van der Waals surface area contributed by atoms with Gasteiger partial charge >= 0.3 is 17.9 Å². The minimum atomic E-state index is -0.797. The molecule has 0 saturated carbocycles. The van der Waals surface area contributed by atoms with Gasteiger partial charge in [-0.25, -0.2) is 0 Å². The van der Waals surface area contributed by atoms with Crippen molar-refractivity contribution >= 4 is 17.9 Å². The summed E-state index contributed by atoms with van der Waals surface area (Å²) in [5, 5.41) is 0. The number of hydrogen-bond acceptors (Lipinski definition) is 6. The molecule has 0 radical (unpaired) electrons. The van der Waals surface area contributed by atoms with E-state index in [0.29, 0.717) is 19.3 Å². The molecule has 0 aromatic carbocycles. The molecule has 1 unspecified atom stereocenters. The molecule has 0 aliphatic rings. The quantitative estimate of drug-likeness (QED) is 0.0261. The van der Waals surface area contributed by atoms with Crippen LogP contribution in [0.4, 0.5) is 0 Å². The van der Waals surface area contributed by atoms with E-state index in [0.717, 1.165) is 161 Å². The minimum absolute atomic E-state index is 0.0938. The normalized spacial score (nSPS) is 13.2. The molecule has 6 nitrogen and oxygen atoms in total. The molecule has 79 heavy (non-hydrogen) atoms. The number of rotatable bonds is 56. The van der Waals surface area contributed by atoms with Crippen molar-refractivity contribution in [2.75, 3.05) is 13.2 Å². The lowest BCUT2D eigenvalue weighted by molar-refractivity contribution is -0.167. The average molecular weight is 1090 g/mol. The lowest BCUT2D eigenvalue weighted by atomic mass is 10.1. The fourth-order valence-electron chi connectivity index (χ4n) is 8.31. The Morgan fingerprint density at radius 1 is 0.266 bits per heavy atom. The lowest BCUT2D eigenvalue weighted by Crippen LogP contribution is -2.30. The first-order chi connectivity index (χ1) is 39.0. The molecule has 0 fully saturated rings. The Kier molecular flexibility index (Phi) is 61.4. The fourth-order valence-corrected chi connectivity index (χ4v) is 8.31. The molecule has 0 rings (SSSR count). The maximum Gasteiger partial charge on any atom is 0.306 e. The van der Waals surface area contributed by atoms with Gasteiger partial charge in [-0.05, 0) is 128 Å². The van der Waals surface area contributed by atoms with Gasteiger partial charge in [0.2, 0.25) is 0 Å². The van der Waals surface area contributed by atoms with Crippen molar-refractivity contribution in [1.82, 2.24) is 0 Å². The predicted molar refractivity (Wildman–Crippen MR) is 343 cm³/mol. The zero-order chi connectivity index (χ0) is 57.1. The molecule has 444 valence electrons. The van der Waals surface area contributed by atoms with Crippen LogP contribution >= 0.6 is 0 Å². The number of unbranched alkanes of at least 4 members (excludes halogenated alkanes) is 19. The van der Waals surface area contributed by atoms with Crippen molar-refractivity contribution in [3.8, 4) is 0 Å². The second-order valence-corrected chi connectivity index (χ2v) is 20.6. The molecule has 0 aliphatic heterocycles. The zero-order valence-electron chi connectivity index (χ0n) is 50.8. The van der Waals surface area contributed by atoms with Gasteiger partial charge in [-0.1, -0.05) is 275 Å². The summed E-state index contributed by atoms with van der Waals surface area (Å²) in [4.78, 5) is 38.1. The second-order valence-electron chi connectivity index (χ2n) is 20.6. The van der Waals surface area contributed by atoms with Crippen LogP contribution in [0.1, 0.15) is 265 Å². The minimum Gasteiger partial charge on any atom is -0.462 e. The van der Waals surface area contributed by atoms with Crippen molar-refractivity contribution in [2.24, 2.45) is 0 Å². The monoisotopic (exact) mass is 1090 g/mol. The van der Waals surface area contributed by atoms with Gasteiger partial charge in [0.1, 0.15) is 13.2 Å². The summed E-state index contributed by atoms with van der Waals surface area (Å²) in [6.45, 7) is 6.34. The molecular formula is C73H116O6. The van der Waals surface area contributed by atoms with E-state index in [1.54, 1.807) is 0 Å². The highest BCUT2D eigenvalue weighted by molar-refractivity contribution is 5.71. The van der Waals surface area contributed by atoms with E-state index in [1.165, 1.54) is 64.2 Å². The summed E-state index contributed by atoms with van der Waals surface area (Å²) in [7, 11) is 0. The van der Waals surface area contributed by atoms with Crippen LogP contribution < -0.4 is 0 Å². The van der Waals surface area contributed by atoms with Crippen molar-refractivity contribution in [1.29, 1.82) is 0 Å². The average Bonchev–Trinajstić information content (AvgIpc) is 3.45. The summed E-state index contributed by atoms with van der Waals surface area (Å²) in [6.07, 6.45) is 95.5. The lowest BCUT2D eigenvalue weighted by Gasteiger charge is -2.18. The van der Waals surface area contributed by atoms with Gasteiger partial charge in [-0.15, -0.1) is 0 Å². The topological polar surface area (TPSA) is 78.9 Å². The molecule has 0 amide bonds. The Morgan fingerprint density at radius 2 is 0.494 bits per heavy atom. The SMILES string of the molecule is CC/C=C\C/C=C\C/C=C\C/C=C\C/C=C\C/C=C\C/C=C\C/C=C\CCCCCCC(=O)OCC(COC(=O)CCCCCCCCC)OC(=O)CCCCCCCCCCC/C=C\C/C=C\C/C=C\C/C=C\C/C=C\CC. The van der Waals surface area contributed by atoms with Gasteiger partial charge in [0, 0.05) is 19.3 Å². The van der Waals surface area contributed by atoms with Crippen LogP contribution in [0.2, 0.25) is 0 Å².